The fourth-order valence-corrected chi connectivity index (χ4v) is 2.49. The van der Waals surface area contributed by atoms with Gasteiger partial charge in [0, 0.05) is 19.3 Å². The first kappa shape index (κ1) is 11.2. The Morgan fingerprint density at radius 2 is 1.89 bits per heavy atom. The van der Waals surface area contributed by atoms with Crippen LogP contribution >= 0.6 is 0 Å². The Hall–Kier alpha value is -1.88. The van der Waals surface area contributed by atoms with Gasteiger partial charge in [0.25, 0.3) is 0 Å². The maximum absolute atomic E-state index is 12.1. The molecule has 0 bridgehead atoms. The number of hydrogen-bond donors (Lipinski definition) is 1. The number of aromatic amines is 1. The Balaban J connectivity index is 2.28. The van der Waals surface area contributed by atoms with E-state index in [9.17, 15) is 9.59 Å². The van der Waals surface area contributed by atoms with Crippen LogP contribution in [-0.4, -0.2) is 22.8 Å². The van der Waals surface area contributed by atoms with Gasteiger partial charge in [-0.2, -0.15) is 0 Å². The minimum atomic E-state index is -0.555. The minimum absolute atomic E-state index is 0.0541. The van der Waals surface area contributed by atoms with Crippen molar-refractivity contribution >= 4 is 11.0 Å². The monoisotopic (exact) mass is 246 g/mol. The zero-order valence-electron chi connectivity index (χ0n) is 9.89. The lowest BCUT2D eigenvalue weighted by atomic mass is 10.1. The highest BCUT2D eigenvalue weighted by Crippen LogP contribution is 2.22. The van der Waals surface area contributed by atoms with Gasteiger partial charge >= 0.3 is 11.1 Å². The van der Waals surface area contributed by atoms with Gasteiger partial charge in [-0.25, -0.2) is 0 Å². The molecule has 1 aliphatic heterocycles. The molecule has 0 atom stereocenters. The molecule has 2 heterocycles. The van der Waals surface area contributed by atoms with E-state index < -0.39 is 11.1 Å². The number of hydrogen-bond acceptors (Lipinski definition) is 3. The van der Waals surface area contributed by atoms with E-state index in [-0.39, 0.29) is 6.04 Å². The molecule has 2 aromatic rings. The largest absolute Gasteiger partial charge is 0.381 e. The summed E-state index contributed by atoms with van der Waals surface area (Å²) in [6, 6.07) is 7.44. The predicted molar refractivity (Wildman–Crippen MR) is 67.9 cm³/mol. The summed E-state index contributed by atoms with van der Waals surface area (Å²) >= 11 is 0. The summed E-state index contributed by atoms with van der Waals surface area (Å²) in [5.74, 6) is 0. The van der Waals surface area contributed by atoms with E-state index in [1.807, 2.05) is 24.3 Å². The standard InChI is InChI=1S/C13H14N2O3/c16-12-13(17)15(9-5-7-18-8-6-9)11-4-2-1-3-10(11)14-12/h1-4,9H,5-8H2,(H,14,16). The number of aromatic nitrogens is 2. The van der Waals surface area contributed by atoms with E-state index >= 15 is 0 Å². The van der Waals surface area contributed by atoms with E-state index in [2.05, 4.69) is 4.98 Å². The van der Waals surface area contributed by atoms with Crippen molar-refractivity contribution in [3.8, 4) is 0 Å². The lowest BCUT2D eigenvalue weighted by molar-refractivity contribution is 0.0697. The van der Waals surface area contributed by atoms with Crippen molar-refractivity contribution in [2.75, 3.05) is 13.2 Å². The number of rotatable bonds is 1. The van der Waals surface area contributed by atoms with Crippen LogP contribution in [0.5, 0.6) is 0 Å². The quantitative estimate of drug-likeness (QED) is 0.765. The number of fused-ring (bicyclic) bond motifs is 1. The van der Waals surface area contributed by atoms with Crippen LogP contribution in [0, 0.1) is 0 Å². The molecule has 0 spiro atoms. The topological polar surface area (TPSA) is 64.1 Å². The predicted octanol–water partition coefficient (Wildman–Crippen LogP) is 1.04. The van der Waals surface area contributed by atoms with Crippen LogP contribution in [0.4, 0.5) is 0 Å². The van der Waals surface area contributed by atoms with Gasteiger partial charge in [-0.15, -0.1) is 0 Å². The molecule has 1 aliphatic rings. The molecule has 1 aromatic heterocycles. The smallest absolute Gasteiger partial charge is 0.316 e. The maximum atomic E-state index is 12.1. The molecule has 1 N–H and O–H groups in total. The molecule has 5 heteroatoms. The Morgan fingerprint density at radius 1 is 1.17 bits per heavy atom. The summed E-state index contributed by atoms with van der Waals surface area (Å²) in [5.41, 5.74) is 0.461. The van der Waals surface area contributed by atoms with Gasteiger partial charge in [0.15, 0.2) is 0 Å². The van der Waals surface area contributed by atoms with Crippen LogP contribution in [0.3, 0.4) is 0 Å². The van der Waals surface area contributed by atoms with Crippen LogP contribution in [0.15, 0.2) is 33.9 Å². The zero-order chi connectivity index (χ0) is 12.5. The molecule has 0 radical (unpaired) electrons. The van der Waals surface area contributed by atoms with Crippen LogP contribution in [0.2, 0.25) is 0 Å². The third-order valence-corrected chi connectivity index (χ3v) is 3.38. The normalized spacial score (nSPS) is 17.1. The van der Waals surface area contributed by atoms with Crippen LogP contribution in [0.1, 0.15) is 18.9 Å². The highest BCUT2D eigenvalue weighted by molar-refractivity contribution is 5.74. The molecule has 0 saturated carbocycles. The van der Waals surface area contributed by atoms with Gasteiger partial charge in [0.05, 0.1) is 11.0 Å². The lowest BCUT2D eigenvalue weighted by Crippen LogP contribution is -2.39. The van der Waals surface area contributed by atoms with Gasteiger partial charge in [0.2, 0.25) is 0 Å². The SMILES string of the molecule is O=c1[nH]c2ccccc2n(C2CCOCC2)c1=O. The number of nitrogens with one attached hydrogen (secondary N) is 1. The summed E-state index contributed by atoms with van der Waals surface area (Å²) < 4.78 is 6.92. The second-order valence-corrected chi connectivity index (χ2v) is 4.49. The van der Waals surface area contributed by atoms with Crippen molar-refractivity contribution in [3.63, 3.8) is 0 Å². The highest BCUT2D eigenvalue weighted by Gasteiger charge is 2.19. The summed E-state index contributed by atoms with van der Waals surface area (Å²) in [5, 5.41) is 0. The van der Waals surface area contributed by atoms with Crippen molar-refractivity contribution in [2.24, 2.45) is 0 Å². The molecule has 0 aliphatic carbocycles. The first-order valence-electron chi connectivity index (χ1n) is 6.08. The first-order chi connectivity index (χ1) is 8.77. The van der Waals surface area contributed by atoms with E-state index in [4.69, 9.17) is 4.74 Å². The number of ether oxygens (including phenoxy) is 1. The van der Waals surface area contributed by atoms with Gasteiger partial charge in [-0.05, 0) is 25.0 Å². The molecule has 5 nitrogen and oxygen atoms in total. The molecule has 1 saturated heterocycles. The van der Waals surface area contributed by atoms with Crippen molar-refractivity contribution in [2.45, 2.75) is 18.9 Å². The van der Waals surface area contributed by atoms with E-state index in [1.54, 1.807) is 4.57 Å². The first-order valence-corrected chi connectivity index (χ1v) is 6.08. The lowest BCUT2D eigenvalue weighted by Gasteiger charge is -2.25. The number of benzene rings is 1. The summed E-state index contributed by atoms with van der Waals surface area (Å²) in [4.78, 5) is 26.4. The number of H-pyrrole nitrogens is 1. The molecule has 94 valence electrons. The Labute approximate surface area is 103 Å². The summed E-state index contributed by atoms with van der Waals surface area (Å²) in [6.45, 7) is 1.27. The van der Waals surface area contributed by atoms with E-state index in [0.29, 0.717) is 18.7 Å². The zero-order valence-corrected chi connectivity index (χ0v) is 9.89. The maximum Gasteiger partial charge on any atom is 0.316 e. The van der Waals surface area contributed by atoms with Crippen LogP contribution in [-0.2, 0) is 4.74 Å². The number of nitrogens with zero attached hydrogens (tertiary/aromatic N) is 1. The molecule has 3 rings (SSSR count). The molecule has 0 unspecified atom stereocenters. The van der Waals surface area contributed by atoms with Gasteiger partial charge < -0.3 is 9.72 Å². The summed E-state index contributed by atoms with van der Waals surface area (Å²) in [7, 11) is 0. The Kier molecular flexibility index (Phi) is 2.76. The molecule has 18 heavy (non-hydrogen) atoms. The Morgan fingerprint density at radius 3 is 2.67 bits per heavy atom. The molecule has 0 amide bonds. The highest BCUT2D eigenvalue weighted by atomic mass is 16.5. The molecule has 1 aromatic carbocycles. The average Bonchev–Trinajstić information content (AvgIpc) is 2.41. The third-order valence-electron chi connectivity index (χ3n) is 3.38. The van der Waals surface area contributed by atoms with Crippen LogP contribution < -0.4 is 11.1 Å². The third kappa shape index (κ3) is 1.76. The molecular formula is C13H14N2O3. The second kappa shape index (κ2) is 4.42. The van der Waals surface area contributed by atoms with Crippen LogP contribution in [0.25, 0.3) is 11.0 Å². The van der Waals surface area contributed by atoms with E-state index in [0.717, 1.165) is 18.4 Å². The van der Waals surface area contributed by atoms with Crippen molar-refractivity contribution in [3.05, 3.63) is 45.0 Å². The van der Waals surface area contributed by atoms with E-state index in [1.165, 1.54) is 0 Å². The Bertz CT molecular complexity index is 680. The molecule has 1 fully saturated rings. The minimum Gasteiger partial charge on any atom is -0.381 e. The van der Waals surface area contributed by atoms with Crippen molar-refractivity contribution in [1.29, 1.82) is 0 Å². The number of para-hydroxylation sites is 2. The summed E-state index contributed by atoms with van der Waals surface area (Å²) in [6.07, 6.45) is 1.54. The van der Waals surface area contributed by atoms with Gasteiger partial charge in [0.1, 0.15) is 0 Å². The van der Waals surface area contributed by atoms with Gasteiger partial charge in [-0.1, -0.05) is 12.1 Å². The van der Waals surface area contributed by atoms with Crippen molar-refractivity contribution < 1.29 is 4.74 Å². The fourth-order valence-electron chi connectivity index (χ4n) is 2.49. The fraction of sp³-hybridized carbons (Fsp3) is 0.385. The average molecular weight is 246 g/mol. The molecular weight excluding hydrogens is 232 g/mol. The second-order valence-electron chi connectivity index (χ2n) is 4.49. The van der Waals surface area contributed by atoms with Crippen molar-refractivity contribution in [1.82, 2.24) is 9.55 Å². The van der Waals surface area contributed by atoms with Gasteiger partial charge in [-0.3, -0.25) is 14.2 Å².